The first-order valence-electron chi connectivity index (χ1n) is 6.72. The molecule has 0 saturated carbocycles. The monoisotopic (exact) mass is 277 g/mol. The lowest BCUT2D eigenvalue weighted by Gasteiger charge is -2.27. The summed E-state index contributed by atoms with van der Waals surface area (Å²) in [6, 6.07) is 6.25. The summed E-state index contributed by atoms with van der Waals surface area (Å²) in [6.07, 6.45) is 0. The summed E-state index contributed by atoms with van der Waals surface area (Å²) in [4.78, 5) is 25.3. The molecule has 3 N–H and O–H groups in total. The smallest absolute Gasteiger partial charge is 0.336 e. The van der Waals surface area contributed by atoms with E-state index in [1.165, 1.54) is 12.1 Å². The number of aromatic carboxylic acids is 1. The highest BCUT2D eigenvalue weighted by molar-refractivity contribution is 6.04. The Hall–Kier alpha value is -1.92. The van der Waals surface area contributed by atoms with E-state index in [0.717, 1.165) is 32.7 Å². The van der Waals surface area contributed by atoms with Gasteiger partial charge in [0.15, 0.2) is 0 Å². The largest absolute Gasteiger partial charge is 0.478 e. The number of nitrogens with zero attached hydrogens (tertiary/aromatic N) is 1. The van der Waals surface area contributed by atoms with Gasteiger partial charge in [-0.15, -0.1) is 0 Å². The summed E-state index contributed by atoms with van der Waals surface area (Å²) < 4.78 is 0. The zero-order chi connectivity index (χ0) is 14.4. The molecule has 0 atom stereocenters. The Bertz CT molecular complexity index is 484. The second-order valence-electron chi connectivity index (χ2n) is 4.70. The molecule has 1 aliphatic heterocycles. The maximum atomic E-state index is 12.0. The quantitative estimate of drug-likeness (QED) is 0.707. The van der Waals surface area contributed by atoms with Crippen LogP contribution in [0.25, 0.3) is 0 Å². The number of carboxylic acid groups (broad SMARTS) is 1. The van der Waals surface area contributed by atoms with E-state index in [1.807, 2.05) is 0 Å². The summed E-state index contributed by atoms with van der Waals surface area (Å²) in [6.45, 7) is 5.18. The fraction of sp³-hybridized carbons (Fsp3) is 0.429. The Kier molecular flexibility index (Phi) is 5.09. The first-order valence-corrected chi connectivity index (χ1v) is 6.72. The number of carbonyl (C=O) groups is 2. The molecule has 1 fully saturated rings. The van der Waals surface area contributed by atoms with E-state index in [4.69, 9.17) is 5.11 Å². The van der Waals surface area contributed by atoms with Gasteiger partial charge in [-0.3, -0.25) is 9.69 Å². The summed E-state index contributed by atoms with van der Waals surface area (Å²) in [5.74, 6) is -1.42. The number of carboxylic acids is 1. The first kappa shape index (κ1) is 14.5. The highest BCUT2D eigenvalue weighted by Gasteiger charge is 2.15. The van der Waals surface area contributed by atoms with Gasteiger partial charge in [0.05, 0.1) is 11.1 Å². The van der Waals surface area contributed by atoms with Gasteiger partial charge in [0.1, 0.15) is 0 Å². The fourth-order valence-corrected chi connectivity index (χ4v) is 2.23. The van der Waals surface area contributed by atoms with Gasteiger partial charge in [-0.05, 0) is 12.1 Å². The molecule has 0 aliphatic carbocycles. The van der Waals surface area contributed by atoms with Crippen molar-refractivity contribution in [3.63, 3.8) is 0 Å². The van der Waals surface area contributed by atoms with Crippen LogP contribution in [-0.4, -0.2) is 61.2 Å². The molecule has 108 valence electrons. The number of piperazine rings is 1. The number of hydrogen-bond acceptors (Lipinski definition) is 4. The molecule has 2 rings (SSSR count). The Morgan fingerprint density at radius 3 is 2.50 bits per heavy atom. The maximum Gasteiger partial charge on any atom is 0.336 e. The van der Waals surface area contributed by atoms with Crippen molar-refractivity contribution in [2.45, 2.75) is 0 Å². The molecule has 6 heteroatoms. The second-order valence-corrected chi connectivity index (χ2v) is 4.70. The molecule has 0 unspecified atom stereocenters. The van der Waals surface area contributed by atoms with Gasteiger partial charge in [-0.25, -0.2) is 4.79 Å². The minimum Gasteiger partial charge on any atom is -0.478 e. The zero-order valence-electron chi connectivity index (χ0n) is 11.3. The van der Waals surface area contributed by atoms with Gasteiger partial charge in [0.2, 0.25) is 0 Å². The van der Waals surface area contributed by atoms with Crippen LogP contribution in [0, 0.1) is 0 Å². The molecule has 1 amide bonds. The van der Waals surface area contributed by atoms with Crippen molar-refractivity contribution in [1.29, 1.82) is 0 Å². The van der Waals surface area contributed by atoms with Crippen LogP contribution in [0.5, 0.6) is 0 Å². The number of amides is 1. The first-order chi connectivity index (χ1) is 9.68. The van der Waals surface area contributed by atoms with E-state index < -0.39 is 5.97 Å². The molecule has 20 heavy (non-hydrogen) atoms. The lowest BCUT2D eigenvalue weighted by molar-refractivity contribution is 0.0691. The molecule has 1 aromatic carbocycles. The van der Waals surface area contributed by atoms with Gasteiger partial charge in [-0.1, -0.05) is 12.1 Å². The zero-order valence-corrected chi connectivity index (χ0v) is 11.3. The molecule has 1 saturated heterocycles. The molecular weight excluding hydrogens is 258 g/mol. The second kappa shape index (κ2) is 7.02. The van der Waals surface area contributed by atoms with Crippen molar-refractivity contribution in [3.8, 4) is 0 Å². The highest BCUT2D eigenvalue weighted by atomic mass is 16.4. The van der Waals surface area contributed by atoms with E-state index >= 15 is 0 Å². The van der Waals surface area contributed by atoms with Crippen LogP contribution in [0.1, 0.15) is 20.7 Å². The Balaban J connectivity index is 1.87. The summed E-state index contributed by atoms with van der Waals surface area (Å²) in [5.41, 5.74) is 0.243. The van der Waals surface area contributed by atoms with E-state index in [1.54, 1.807) is 12.1 Å². The van der Waals surface area contributed by atoms with E-state index in [9.17, 15) is 9.59 Å². The van der Waals surface area contributed by atoms with E-state index in [-0.39, 0.29) is 17.0 Å². The molecule has 0 radical (unpaired) electrons. The van der Waals surface area contributed by atoms with Gasteiger partial charge in [-0.2, -0.15) is 0 Å². The molecule has 6 nitrogen and oxygen atoms in total. The fourth-order valence-electron chi connectivity index (χ4n) is 2.23. The predicted octanol–water partition coefficient (Wildman–Crippen LogP) is 0.0198. The molecule has 1 aromatic rings. The van der Waals surface area contributed by atoms with Crippen LogP contribution in [0.2, 0.25) is 0 Å². The maximum absolute atomic E-state index is 12.0. The Morgan fingerprint density at radius 1 is 1.20 bits per heavy atom. The predicted molar refractivity (Wildman–Crippen MR) is 75.0 cm³/mol. The van der Waals surface area contributed by atoms with Gasteiger partial charge in [0.25, 0.3) is 5.91 Å². The van der Waals surface area contributed by atoms with Crippen molar-refractivity contribution in [2.75, 3.05) is 39.3 Å². The highest BCUT2D eigenvalue weighted by Crippen LogP contribution is 2.08. The summed E-state index contributed by atoms with van der Waals surface area (Å²) in [5, 5.41) is 15.1. The average Bonchev–Trinajstić information content (AvgIpc) is 2.48. The van der Waals surface area contributed by atoms with Crippen LogP contribution in [0.3, 0.4) is 0 Å². The van der Waals surface area contributed by atoms with Crippen LogP contribution < -0.4 is 10.6 Å². The third kappa shape index (κ3) is 3.79. The number of rotatable bonds is 5. The molecule has 0 aromatic heterocycles. The molecule has 1 aliphatic rings. The van der Waals surface area contributed by atoms with Crippen LogP contribution in [-0.2, 0) is 0 Å². The third-order valence-electron chi connectivity index (χ3n) is 3.33. The lowest BCUT2D eigenvalue weighted by atomic mass is 10.1. The minimum absolute atomic E-state index is 0.0344. The Labute approximate surface area is 117 Å². The minimum atomic E-state index is -1.09. The van der Waals surface area contributed by atoms with Crippen molar-refractivity contribution >= 4 is 11.9 Å². The summed E-state index contributed by atoms with van der Waals surface area (Å²) in [7, 11) is 0. The van der Waals surface area contributed by atoms with Crippen LogP contribution >= 0.6 is 0 Å². The molecule has 0 spiro atoms. The number of carbonyl (C=O) groups excluding carboxylic acids is 1. The third-order valence-corrected chi connectivity index (χ3v) is 3.33. The van der Waals surface area contributed by atoms with Crippen molar-refractivity contribution in [1.82, 2.24) is 15.5 Å². The van der Waals surface area contributed by atoms with Crippen molar-refractivity contribution in [2.24, 2.45) is 0 Å². The normalized spacial score (nSPS) is 15.8. The van der Waals surface area contributed by atoms with Crippen LogP contribution in [0.4, 0.5) is 0 Å². The standard InChI is InChI=1S/C14H19N3O3/c18-13(11-3-1-2-4-12(11)14(19)20)16-7-10-17-8-5-15-6-9-17/h1-4,15H,5-10H2,(H,16,18)(H,19,20). The van der Waals surface area contributed by atoms with Gasteiger partial charge < -0.3 is 15.7 Å². The summed E-state index contributed by atoms with van der Waals surface area (Å²) >= 11 is 0. The molecule has 1 heterocycles. The average molecular weight is 277 g/mol. The number of nitrogens with one attached hydrogen (secondary N) is 2. The number of benzene rings is 1. The molecule has 0 bridgehead atoms. The number of hydrogen-bond donors (Lipinski definition) is 3. The van der Waals surface area contributed by atoms with Gasteiger partial charge >= 0.3 is 5.97 Å². The van der Waals surface area contributed by atoms with E-state index in [0.29, 0.717) is 6.54 Å². The van der Waals surface area contributed by atoms with Crippen molar-refractivity contribution in [3.05, 3.63) is 35.4 Å². The SMILES string of the molecule is O=C(O)c1ccccc1C(=O)NCCN1CCNCC1. The molecular formula is C14H19N3O3. The Morgan fingerprint density at radius 2 is 1.85 bits per heavy atom. The van der Waals surface area contributed by atoms with Gasteiger partial charge in [0, 0.05) is 39.3 Å². The topological polar surface area (TPSA) is 81.7 Å². The lowest BCUT2D eigenvalue weighted by Crippen LogP contribution is -2.46. The van der Waals surface area contributed by atoms with Crippen LogP contribution in [0.15, 0.2) is 24.3 Å². The van der Waals surface area contributed by atoms with E-state index in [2.05, 4.69) is 15.5 Å². The van der Waals surface area contributed by atoms with Crippen molar-refractivity contribution < 1.29 is 14.7 Å².